The molecule has 0 saturated carbocycles. The fraction of sp³-hybridized carbons (Fsp3) is 0.111. The van der Waals surface area contributed by atoms with Crippen molar-refractivity contribution >= 4 is 29.5 Å². The van der Waals surface area contributed by atoms with Crippen molar-refractivity contribution in [1.29, 1.82) is 0 Å². The number of amides is 2. The Labute approximate surface area is 197 Å². The molecule has 6 heteroatoms. The van der Waals surface area contributed by atoms with Crippen LogP contribution in [0.2, 0.25) is 5.02 Å². The molecule has 1 aliphatic heterocycles. The van der Waals surface area contributed by atoms with Crippen LogP contribution in [0.5, 0.6) is 5.75 Å². The Kier molecular flexibility index (Phi) is 6.91. The van der Waals surface area contributed by atoms with Gasteiger partial charge in [-0.1, -0.05) is 60.1 Å². The largest absolute Gasteiger partial charge is 0.485 e. The molecular weight excluding hydrogens is 436 g/mol. The molecule has 33 heavy (non-hydrogen) atoms. The summed E-state index contributed by atoms with van der Waals surface area (Å²) in [6.45, 7) is 2.24. The number of fused-ring (bicyclic) bond motifs is 1. The minimum Gasteiger partial charge on any atom is -0.485 e. The Bertz CT molecular complexity index is 1220. The first kappa shape index (κ1) is 22.4. The van der Waals surface area contributed by atoms with Crippen molar-refractivity contribution in [3.8, 4) is 5.75 Å². The van der Waals surface area contributed by atoms with Gasteiger partial charge in [-0.25, -0.2) is 0 Å². The van der Waals surface area contributed by atoms with Crippen molar-refractivity contribution in [2.45, 2.75) is 19.6 Å². The molecule has 2 amide bonds. The van der Waals surface area contributed by atoms with E-state index >= 15 is 0 Å². The summed E-state index contributed by atoms with van der Waals surface area (Å²) in [5, 5.41) is 6.16. The van der Waals surface area contributed by atoms with Gasteiger partial charge in [0.25, 0.3) is 11.8 Å². The molecule has 0 radical (unpaired) electrons. The maximum absolute atomic E-state index is 13.1. The summed E-state index contributed by atoms with van der Waals surface area (Å²) in [4.78, 5) is 25.9. The molecule has 0 aromatic heterocycles. The summed E-state index contributed by atoms with van der Waals surface area (Å²) in [5.74, 6) is -0.0197. The van der Waals surface area contributed by atoms with Crippen LogP contribution in [0.4, 0.5) is 0 Å². The third kappa shape index (κ3) is 5.70. The van der Waals surface area contributed by atoms with Gasteiger partial charge in [0.15, 0.2) is 0 Å². The van der Waals surface area contributed by atoms with Crippen molar-refractivity contribution in [2.75, 3.05) is 0 Å². The minimum absolute atomic E-state index is 0.131. The van der Waals surface area contributed by atoms with Gasteiger partial charge in [0, 0.05) is 22.7 Å². The van der Waals surface area contributed by atoms with Crippen LogP contribution in [0.3, 0.4) is 0 Å². The first-order chi connectivity index (χ1) is 16.0. The van der Waals surface area contributed by atoms with Crippen LogP contribution in [-0.4, -0.2) is 17.9 Å². The molecule has 1 heterocycles. The van der Waals surface area contributed by atoms with Gasteiger partial charge in [-0.05, 0) is 60.5 Å². The maximum atomic E-state index is 13.1. The third-order valence-corrected chi connectivity index (χ3v) is 5.47. The summed E-state index contributed by atoms with van der Waals surface area (Å²) in [7, 11) is 0. The second-order valence-electron chi connectivity index (χ2n) is 7.63. The van der Waals surface area contributed by atoms with Crippen molar-refractivity contribution in [3.63, 3.8) is 0 Å². The number of halogens is 1. The number of ether oxygens (including phenoxy) is 1. The second-order valence-corrected chi connectivity index (χ2v) is 8.07. The highest BCUT2D eigenvalue weighted by molar-refractivity contribution is 6.30. The topological polar surface area (TPSA) is 67.4 Å². The first-order valence-electron chi connectivity index (χ1n) is 10.6. The Morgan fingerprint density at radius 1 is 0.970 bits per heavy atom. The van der Waals surface area contributed by atoms with Crippen LogP contribution >= 0.6 is 11.6 Å². The molecule has 1 atom stereocenters. The standard InChI is InChI=1S/C27H23ClN2O3/c1-18-22(15-21-9-5-6-10-25(21)33-18)16-24(27(32)29-17-19-7-3-2-4-8-19)30-26(31)20-11-13-23(28)14-12-20/h2-16,18H,17H2,1H3,(H,29,32)(H,30,31)/b24-16-/t18-/m0/s1. The molecule has 0 fully saturated rings. The molecule has 0 saturated heterocycles. The first-order valence-corrected chi connectivity index (χ1v) is 11.0. The number of carbonyl (C=O) groups excluding carboxylic acids is 2. The molecule has 166 valence electrons. The monoisotopic (exact) mass is 458 g/mol. The van der Waals surface area contributed by atoms with Crippen LogP contribution in [0.1, 0.15) is 28.4 Å². The molecule has 0 bridgehead atoms. The zero-order chi connectivity index (χ0) is 23.2. The number of rotatable bonds is 6. The summed E-state index contributed by atoms with van der Waals surface area (Å²) in [5.41, 5.74) is 3.17. The Balaban J connectivity index is 1.61. The number of para-hydroxylation sites is 1. The van der Waals surface area contributed by atoms with Gasteiger partial charge in [-0.3, -0.25) is 9.59 Å². The lowest BCUT2D eigenvalue weighted by Crippen LogP contribution is -2.35. The molecule has 0 spiro atoms. The lowest BCUT2D eigenvalue weighted by atomic mass is 10.0. The molecule has 0 aliphatic carbocycles. The predicted molar refractivity (Wildman–Crippen MR) is 130 cm³/mol. The predicted octanol–water partition coefficient (Wildman–Crippen LogP) is 5.13. The Morgan fingerprint density at radius 3 is 2.42 bits per heavy atom. The average Bonchev–Trinajstić information content (AvgIpc) is 2.83. The Morgan fingerprint density at radius 2 is 1.67 bits per heavy atom. The van der Waals surface area contributed by atoms with Crippen molar-refractivity contribution in [2.24, 2.45) is 0 Å². The van der Waals surface area contributed by atoms with Gasteiger partial charge in [-0.15, -0.1) is 0 Å². The van der Waals surface area contributed by atoms with Crippen molar-refractivity contribution in [1.82, 2.24) is 10.6 Å². The highest BCUT2D eigenvalue weighted by atomic mass is 35.5. The van der Waals surface area contributed by atoms with Crippen LogP contribution in [-0.2, 0) is 11.3 Å². The average molecular weight is 459 g/mol. The third-order valence-electron chi connectivity index (χ3n) is 5.22. The van der Waals surface area contributed by atoms with Crippen LogP contribution < -0.4 is 15.4 Å². The van der Waals surface area contributed by atoms with Gasteiger partial charge in [0.2, 0.25) is 0 Å². The number of hydrogen-bond acceptors (Lipinski definition) is 3. The van der Waals surface area contributed by atoms with Crippen LogP contribution in [0, 0.1) is 0 Å². The van der Waals surface area contributed by atoms with Gasteiger partial charge < -0.3 is 15.4 Å². The van der Waals surface area contributed by atoms with Crippen LogP contribution in [0.25, 0.3) is 6.08 Å². The van der Waals surface area contributed by atoms with E-state index in [2.05, 4.69) is 10.6 Å². The summed E-state index contributed by atoms with van der Waals surface area (Å²) in [6, 6.07) is 23.7. The molecular formula is C27H23ClN2O3. The van der Waals surface area contributed by atoms with E-state index in [1.54, 1.807) is 30.3 Å². The number of hydrogen-bond donors (Lipinski definition) is 2. The quantitative estimate of drug-likeness (QED) is 0.503. The van der Waals surface area contributed by atoms with Crippen molar-refractivity contribution in [3.05, 3.63) is 118 Å². The summed E-state index contributed by atoms with van der Waals surface area (Å²) >= 11 is 5.93. The fourth-order valence-electron chi connectivity index (χ4n) is 3.42. The molecule has 3 aromatic rings. The molecule has 4 rings (SSSR count). The summed E-state index contributed by atoms with van der Waals surface area (Å²) in [6.07, 6.45) is 3.33. The van der Waals surface area contributed by atoms with E-state index in [9.17, 15) is 9.59 Å². The van der Waals surface area contributed by atoms with Gasteiger partial charge in [0.05, 0.1) is 0 Å². The smallest absolute Gasteiger partial charge is 0.268 e. The highest BCUT2D eigenvalue weighted by Crippen LogP contribution is 2.30. The molecule has 3 aromatic carbocycles. The minimum atomic E-state index is -0.404. The van der Waals surface area contributed by atoms with E-state index in [1.165, 1.54) is 0 Å². The normalized spacial score (nSPS) is 15.0. The van der Waals surface area contributed by atoms with Crippen molar-refractivity contribution < 1.29 is 14.3 Å². The van der Waals surface area contributed by atoms with Gasteiger partial charge >= 0.3 is 0 Å². The fourth-order valence-corrected chi connectivity index (χ4v) is 3.54. The highest BCUT2D eigenvalue weighted by Gasteiger charge is 2.21. The molecule has 5 nitrogen and oxygen atoms in total. The number of benzene rings is 3. The maximum Gasteiger partial charge on any atom is 0.268 e. The van der Waals surface area contributed by atoms with E-state index in [1.807, 2.05) is 67.6 Å². The SMILES string of the molecule is C[C@@H]1Oc2ccccc2C=C1/C=C(\NC(=O)c1ccc(Cl)cc1)C(=O)NCc1ccccc1. The lowest BCUT2D eigenvalue weighted by Gasteiger charge is -2.23. The lowest BCUT2D eigenvalue weighted by molar-refractivity contribution is -0.118. The van der Waals surface area contributed by atoms with Gasteiger partial charge in [0.1, 0.15) is 17.6 Å². The van der Waals surface area contributed by atoms with E-state index in [0.29, 0.717) is 17.1 Å². The molecule has 2 N–H and O–H groups in total. The van der Waals surface area contributed by atoms with E-state index in [-0.39, 0.29) is 11.8 Å². The Hall–Kier alpha value is -3.83. The number of nitrogens with one attached hydrogen (secondary N) is 2. The van der Waals surface area contributed by atoms with Gasteiger partial charge in [-0.2, -0.15) is 0 Å². The number of carbonyl (C=O) groups is 2. The van der Waals surface area contributed by atoms with E-state index in [4.69, 9.17) is 16.3 Å². The second kappa shape index (κ2) is 10.2. The van der Waals surface area contributed by atoms with Crippen LogP contribution in [0.15, 0.2) is 96.2 Å². The zero-order valence-corrected chi connectivity index (χ0v) is 18.8. The summed E-state index contributed by atoms with van der Waals surface area (Å²) < 4.78 is 5.99. The molecule has 0 unspecified atom stereocenters. The molecule has 1 aliphatic rings. The van der Waals surface area contributed by atoms with E-state index in [0.717, 1.165) is 22.4 Å². The van der Waals surface area contributed by atoms with E-state index < -0.39 is 11.8 Å². The zero-order valence-electron chi connectivity index (χ0n) is 18.0.